The maximum absolute atomic E-state index is 9.78. The SMILES string of the molecule is CN1CCN(c2ccc(-c3ccc4[nH]c5nccc(-c6ccc(-c7ccccc7CO)cc6)c5c4c3)cc2)CC1. The van der Waals surface area contributed by atoms with Crippen molar-refractivity contribution in [3.05, 3.63) is 109 Å². The number of rotatable bonds is 5. The third-order valence-corrected chi connectivity index (χ3v) is 8.26. The lowest BCUT2D eigenvalue weighted by atomic mass is 9.95. The van der Waals surface area contributed by atoms with Crippen molar-refractivity contribution in [1.29, 1.82) is 0 Å². The van der Waals surface area contributed by atoms with E-state index < -0.39 is 0 Å². The molecule has 4 aromatic carbocycles. The van der Waals surface area contributed by atoms with Crippen molar-refractivity contribution in [2.75, 3.05) is 38.1 Å². The normalized spacial score (nSPS) is 14.3. The first-order chi connectivity index (χ1) is 19.7. The number of nitrogens with zero attached hydrogens (tertiary/aromatic N) is 3. The monoisotopic (exact) mass is 524 g/mol. The summed E-state index contributed by atoms with van der Waals surface area (Å²) in [5.41, 5.74) is 11.1. The lowest BCUT2D eigenvalue weighted by Gasteiger charge is -2.34. The van der Waals surface area contributed by atoms with Gasteiger partial charge in [0.05, 0.1) is 6.61 Å². The summed E-state index contributed by atoms with van der Waals surface area (Å²) in [6.45, 7) is 4.38. The Bertz CT molecular complexity index is 1800. The molecule has 0 saturated carbocycles. The Morgan fingerprint density at radius 1 is 0.725 bits per heavy atom. The lowest BCUT2D eigenvalue weighted by molar-refractivity contribution is 0.282. The number of piperazine rings is 1. The Morgan fingerprint density at radius 2 is 1.40 bits per heavy atom. The van der Waals surface area contributed by atoms with E-state index in [4.69, 9.17) is 0 Å². The summed E-state index contributed by atoms with van der Waals surface area (Å²) in [6, 6.07) is 34.3. The molecular weight excluding hydrogens is 492 g/mol. The highest BCUT2D eigenvalue weighted by Gasteiger charge is 2.16. The fraction of sp³-hybridized carbons (Fsp3) is 0.171. The minimum Gasteiger partial charge on any atom is -0.392 e. The number of pyridine rings is 1. The smallest absolute Gasteiger partial charge is 0.138 e. The van der Waals surface area contributed by atoms with Crippen molar-refractivity contribution in [3.8, 4) is 33.4 Å². The Morgan fingerprint density at radius 3 is 2.15 bits per heavy atom. The van der Waals surface area contributed by atoms with Crippen LogP contribution in [0.25, 0.3) is 55.3 Å². The Kier molecular flexibility index (Phi) is 6.31. The predicted octanol–water partition coefficient (Wildman–Crippen LogP) is 6.96. The van der Waals surface area contributed by atoms with Gasteiger partial charge in [-0.1, -0.05) is 66.7 Å². The highest BCUT2D eigenvalue weighted by molar-refractivity contribution is 6.13. The molecule has 198 valence electrons. The molecule has 0 aliphatic carbocycles. The molecule has 6 aromatic rings. The van der Waals surface area contributed by atoms with Crippen LogP contribution >= 0.6 is 0 Å². The predicted molar refractivity (Wildman–Crippen MR) is 166 cm³/mol. The Labute approximate surface area is 234 Å². The van der Waals surface area contributed by atoms with Gasteiger partial charge in [0.25, 0.3) is 0 Å². The molecule has 1 aliphatic rings. The van der Waals surface area contributed by atoms with Crippen molar-refractivity contribution in [2.45, 2.75) is 6.61 Å². The number of benzene rings is 4. The summed E-state index contributed by atoms with van der Waals surface area (Å²) < 4.78 is 0. The third kappa shape index (κ3) is 4.43. The topological polar surface area (TPSA) is 55.4 Å². The number of aliphatic hydroxyl groups excluding tert-OH is 1. The number of aromatic amines is 1. The van der Waals surface area contributed by atoms with Gasteiger partial charge >= 0.3 is 0 Å². The van der Waals surface area contributed by atoms with Gasteiger partial charge < -0.3 is 19.9 Å². The third-order valence-electron chi connectivity index (χ3n) is 8.26. The second-order valence-corrected chi connectivity index (χ2v) is 10.7. The van der Waals surface area contributed by atoms with E-state index in [9.17, 15) is 5.11 Å². The van der Waals surface area contributed by atoms with E-state index in [2.05, 4.69) is 106 Å². The molecule has 0 bridgehead atoms. The lowest BCUT2D eigenvalue weighted by Crippen LogP contribution is -2.44. The van der Waals surface area contributed by atoms with Crippen molar-refractivity contribution in [2.24, 2.45) is 0 Å². The van der Waals surface area contributed by atoms with Gasteiger partial charge in [-0.25, -0.2) is 4.98 Å². The fourth-order valence-corrected chi connectivity index (χ4v) is 5.94. The Balaban J connectivity index is 1.25. The van der Waals surface area contributed by atoms with Gasteiger partial charge in [0, 0.05) is 54.4 Å². The van der Waals surface area contributed by atoms with E-state index >= 15 is 0 Å². The van der Waals surface area contributed by atoms with Crippen LogP contribution in [0.3, 0.4) is 0 Å². The summed E-state index contributed by atoms with van der Waals surface area (Å²) in [5, 5.41) is 12.1. The Hall–Kier alpha value is -4.45. The molecule has 2 aromatic heterocycles. The molecule has 0 unspecified atom stereocenters. The summed E-state index contributed by atoms with van der Waals surface area (Å²) in [4.78, 5) is 13.1. The van der Waals surface area contributed by atoms with Crippen LogP contribution in [0.5, 0.6) is 0 Å². The first-order valence-corrected chi connectivity index (χ1v) is 13.9. The molecule has 7 rings (SSSR count). The van der Waals surface area contributed by atoms with E-state index in [1.54, 1.807) is 0 Å². The fourth-order valence-electron chi connectivity index (χ4n) is 5.94. The molecule has 40 heavy (non-hydrogen) atoms. The number of likely N-dealkylation sites (N-methyl/N-ethyl adjacent to an activating group) is 1. The van der Waals surface area contributed by atoms with E-state index in [0.717, 1.165) is 70.5 Å². The average molecular weight is 525 g/mol. The zero-order chi connectivity index (χ0) is 27.1. The second kappa shape index (κ2) is 10.3. The molecule has 5 nitrogen and oxygen atoms in total. The highest BCUT2D eigenvalue weighted by Crippen LogP contribution is 2.37. The largest absolute Gasteiger partial charge is 0.392 e. The molecule has 2 N–H and O–H groups in total. The van der Waals surface area contributed by atoms with Crippen LogP contribution in [0.2, 0.25) is 0 Å². The zero-order valence-electron chi connectivity index (χ0n) is 22.6. The number of nitrogens with one attached hydrogen (secondary N) is 1. The van der Waals surface area contributed by atoms with Gasteiger partial charge in [0.2, 0.25) is 0 Å². The van der Waals surface area contributed by atoms with Crippen LogP contribution in [0.4, 0.5) is 5.69 Å². The van der Waals surface area contributed by atoms with Gasteiger partial charge in [-0.05, 0) is 76.3 Å². The molecule has 5 heteroatoms. The number of H-pyrrole nitrogens is 1. The number of aromatic nitrogens is 2. The van der Waals surface area contributed by atoms with Gasteiger partial charge in [-0.2, -0.15) is 0 Å². The van der Waals surface area contributed by atoms with Crippen LogP contribution < -0.4 is 4.90 Å². The average Bonchev–Trinajstić information content (AvgIpc) is 3.40. The van der Waals surface area contributed by atoms with Gasteiger partial charge in [-0.3, -0.25) is 0 Å². The summed E-state index contributed by atoms with van der Waals surface area (Å²) in [5.74, 6) is 0. The van der Waals surface area contributed by atoms with E-state index in [1.807, 2.05) is 24.4 Å². The minimum absolute atomic E-state index is 0.0269. The zero-order valence-corrected chi connectivity index (χ0v) is 22.6. The van der Waals surface area contributed by atoms with Gasteiger partial charge in [0.1, 0.15) is 5.65 Å². The van der Waals surface area contributed by atoms with Gasteiger partial charge in [-0.15, -0.1) is 0 Å². The van der Waals surface area contributed by atoms with E-state index in [0.29, 0.717) is 0 Å². The van der Waals surface area contributed by atoms with Crippen LogP contribution in [-0.2, 0) is 6.61 Å². The number of hydrogen-bond donors (Lipinski definition) is 2. The van der Waals surface area contributed by atoms with Crippen LogP contribution in [0, 0.1) is 0 Å². The van der Waals surface area contributed by atoms with Gasteiger partial charge in [0.15, 0.2) is 0 Å². The maximum Gasteiger partial charge on any atom is 0.138 e. The van der Waals surface area contributed by atoms with E-state index in [1.165, 1.54) is 22.2 Å². The number of anilines is 1. The maximum atomic E-state index is 9.78. The van der Waals surface area contributed by atoms with Crippen molar-refractivity contribution < 1.29 is 5.11 Å². The standard InChI is InChI=1S/C35H32N4O/c1-38-18-20-39(21-19-38)29-13-10-24(11-14-29)27-12-15-33-32(22-27)34-31(16-17-36-35(34)37-33)26-8-6-25(7-9-26)30-5-3-2-4-28(30)23-40/h2-17,22,40H,18-21,23H2,1H3,(H,36,37). The van der Waals surface area contributed by atoms with Crippen LogP contribution in [-0.4, -0.2) is 53.2 Å². The number of hydrogen-bond acceptors (Lipinski definition) is 4. The molecule has 1 aliphatic heterocycles. The molecule has 1 saturated heterocycles. The van der Waals surface area contributed by atoms with Crippen LogP contribution in [0.15, 0.2) is 103 Å². The first kappa shape index (κ1) is 24.6. The molecule has 0 radical (unpaired) electrons. The highest BCUT2D eigenvalue weighted by atomic mass is 16.3. The van der Waals surface area contributed by atoms with Crippen molar-refractivity contribution in [1.82, 2.24) is 14.9 Å². The van der Waals surface area contributed by atoms with Crippen molar-refractivity contribution >= 4 is 27.6 Å². The molecule has 1 fully saturated rings. The van der Waals surface area contributed by atoms with Crippen molar-refractivity contribution in [3.63, 3.8) is 0 Å². The van der Waals surface area contributed by atoms with E-state index in [-0.39, 0.29) is 6.61 Å². The summed E-state index contributed by atoms with van der Waals surface area (Å²) >= 11 is 0. The minimum atomic E-state index is 0.0269. The van der Waals surface area contributed by atoms with Crippen LogP contribution in [0.1, 0.15) is 5.56 Å². The molecular formula is C35H32N4O. The summed E-state index contributed by atoms with van der Waals surface area (Å²) in [6.07, 6.45) is 1.88. The molecule has 0 atom stereocenters. The number of fused-ring (bicyclic) bond motifs is 3. The molecule has 0 amide bonds. The molecule has 3 heterocycles. The first-order valence-electron chi connectivity index (χ1n) is 13.9. The number of aliphatic hydroxyl groups is 1. The second-order valence-electron chi connectivity index (χ2n) is 10.7. The summed E-state index contributed by atoms with van der Waals surface area (Å²) in [7, 11) is 2.19. The molecule has 0 spiro atoms. The quantitative estimate of drug-likeness (QED) is 0.256.